The van der Waals surface area contributed by atoms with Crippen molar-refractivity contribution in [1.82, 2.24) is 14.5 Å². The number of aromatic nitrogens is 2. The monoisotopic (exact) mass is 311 g/mol. The van der Waals surface area contributed by atoms with Crippen LogP contribution in [0, 0.1) is 0 Å². The van der Waals surface area contributed by atoms with Crippen molar-refractivity contribution in [3.8, 4) is 0 Å². The first-order valence-corrected chi connectivity index (χ1v) is 7.78. The second-order valence-corrected chi connectivity index (χ2v) is 5.68. The molecule has 1 aromatic heterocycles. The quantitative estimate of drug-likeness (QED) is 0.815. The Balaban J connectivity index is 1.96. The van der Waals surface area contributed by atoms with Gasteiger partial charge in [0.05, 0.1) is 12.6 Å². The van der Waals surface area contributed by atoms with E-state index in [-0.39, 0.29) is 11.9 Å². The minimum atomic E-state index is -0.172. The Morgan fingerprint density at radius 2 is 2.13 bits per heavy atom. The molecule has 0 radical (unpaired) electrons. The second kappa shape index (κ2) is 6.28. The molecular formula is C18H21N3O2. The van der Waals surface area contributed by atoms with Crippen LogP contribution in [0.15, 0.2) is 49.0 Å². The predicted molar refractivity (Wildman–Crippen MR) is 87.8 cm³/mol. The molecule has 2 heterocycles. The highest BCUT2D eigenvalue weighted by Crippen LogP contribution is 2.28. The second-order valence-electron chi connectivity index (χ2n) is 5.68. The normalized spacial score (nSPS) is 16.8. The van der Waals surface area contributed by atoms with Gasteiger partial charge in [-0.05, 0) is 18.1 Å². The third-order valence-corrected chi connectivity index (χ3v) is 4.22. The zero-order chi connectivity index (χ0) is 16.4. The number of rotatable bonds is 4. The fraction of sp³-hybridized carbons (Fsp3) is 0.333. The van der Waals surface area contributed by atoms with Gasteiger partial charge in [0.25, 0.3) is 5.91 Å². The van der Waals surface area contributed by atoms with Crippen LogP contribution in [0.25, 0.3) is 0 Å². The summed E-state index contributed by atoms with van der Waals surface area (Å²) in [5.74, 6) is 0.959. The van der Waals surface area contributed by atoms with Gasteiger partial charge in [-0.1, -0.05) is 30.8 Å². The number of hydrogen-bond acceptors (Lipinski definition) is 3. The Morgan fingerprint density at radius 3 is 2.78 bits per heavy atom. The summed E-state index contributed by atoms with van der Waals surface area (Å²) in [5.41, 5.74) is 2.40. The summed E-state index contributed by atoms with van der Waals surface area (Å²) in [6.45, 7) is 7.04. The molecule has 0 bridgehead atoms. The maximum Gasteiger partial charge on any atom is 0.290 e. The van der Waals surface area contributed by atoms with Crippen LogP contribution < -0.4 is 0 Å². The van der Waals surface area contributed by atoms with Crippen LogP contribution in [0.5, 0.6) is 0 Å². The molecule has 23 heavy (non-hydrogen) atoms. The molecule has 120 valence electrons. The molecule has 0 N–H and O–H groups in total. The zero-order valence-electron chi connectivity index (χ0n) is 13.5. The molecule has 0 saturated heterocycles. The number of amides is 1. The lowest BCUT2D eigenvalue weighted by molar-refractivity contribution is 0.0572. The van der Waals surface area contributed by atoms with Crippen LogP contribution in [-0.2, 0) is 24.8 Å². The molecule has 0 saturated carbocycles. The molecule has 1 aliphatic rings. The van der Waals surface area contributed by atoms with E-state index in [0.29, 0.717) is 31.2 Å². The third-order valence-electron chi connectivity index (χ3n) is 4.22. The lowest BCUT2D eigenvalue weighted by Crippen LogP contribution is -2.46. The average molecular weight is 311 g/mol. The summed E-state index contributed by atoms with van der Waals surface area (Å²) in [7, 11) is 1.82. The van der Waals surface area contributed by atoms with Crippen LogP contribution in [0.3, 0.4) is 0 Å². The molecule has 1 aromatic carbocycles. The molecule has 0 aliphatic carbocycles. The van der Waals surface area contributed by atoms with E-state index in [1.54, 1.807) is 17.0 Å². The lowest BCUT2D eigenvalue weighted by atomic mass is 9.93. The standard InChI is InChI=1S/C18H21N3O2/c1-4-23-13(2)16-11-14-7-5-6-8-15(14)12-21(16)18(22)17-19-9-10-20(17)3/h5-10,16H,2,4,11-12H2,1,3H3. The van der Waals surface area contributed by atoms with Crippen molar-refractivity contribution in [1.29, 1.82) is 0 Å². The number of carbonyl (C=O) groups excluding carboxylic acids is 1. The fourth-order valence-corrected chi connectivity index (χ4v) is 3.01. The van der Waals surface area contributed by atoms with Crippen molar-refractivity contribution in [2.45, 2.75) is 25.9 Å². The maximum atomic E-state index is 13.0. The summed E-state index contributed by atoms with van der Waals surface area (Å²) < 4.78 is 7.35. The van der Waals surface area contributed by atoms with Gasteiger partial charge in [0.2, 0.25) is 0 Å². The Kier molecular flexibility index (Phi) is 4.19. The Bertz CT molecular complexity index is 735. The minimum absolute atomic E-state index is 0.0992. The molecule has 0 spiro atoms. The van der Waals surface area contributed by atoms with Gasteiger partial charge in [0, 0.05) is 32.4 Å². The molecule has 1 aliphatic heterocycles. The summed E-state index contributed by atoms with van der Waals surface area (Å²) in [4.78, 5) is 19.0. The number of hydrogen-bond donors (Lipinski definition) is 0. The number of imidazole rings is 1. The highest BCUT2D eigenvalue weighted by molar-refractivity contribution is 5.91. The van der Waals surface area contributed by atoms with E-state index in [4.69, 9.17) is 4.74 Å². The van der Waals surface area contributed by atoms with E-state index < -0.39 is 0 Å². The maximum absolute atomic E-state index is 13.0. The van der Waals surface area contributed by atoms with Gasteiger partial charge in [-0.3, -0.25) is 4.79 Å². The molecule has 1 atom stereocenters. The molecule has 2 aromatic rings. The smallest absolute Gasteiger partial charge is 0.290 e. The molecule has 5 nitrogen and oxygen atoms in total. The van der Waals surface area contributed by atoms with E-state index in [9.17, 15) is 4.79 Å². The van der Waals surface area contributed by atoms with Crippen molar-refractivity contribution in [2.24, 2.45) is 7.05 Å². The Morgan fingerprint density at radius 1 is 1.39 bits per heavy atom. The highest BCUT2D eigenvalue weighted by Gasteiger charge is 2.34. The molecule has 0 fully saturated rings. The highest BCUT2D eigenvalue weighted by atomic mass is 16.5. The van der Waals surface area contributed by atoms with E-state index in [2.05, 4.69) is 23.7 Å². The van der Waals surface area contributed by atoms with Crippen LogP contribution in [0.2, 0.25) is 0 Å². The van der Waals surface area contributed by atoms with Crippen LogP contribution in [0.1, 0.15) is 28.7 Å². The number of aryl methyl sites for hydroxylation is 1. The van der Waals surface area contributed by atoms with Crippen LogP contribution in [-0.4, -0.2) is 33.0 Å². The summed E-state index contributed by atoms with van der Waals surface area (Å²) in [6, 6.07) is 8.02. The summed E-state index contributed by atoms with van der Waals surface area (Å²) in [5, 5.41) is 0. The van der Waals surface area contributed by atoms with Crippen molar-refractivity contribution < 1.29 is 9.53 Å². The van der Waals surface area contributed by atoms with Crippen molar-refractivity contribution in [2.75, 3.05) is 6.61 Å². The van der Waals surface area contributed by atoms with E-state index in [0.717, 1.165) is 5.56 Å². The van der Waals surface area contributed by atoms with Gasteiger partial charge in [0.15, 0.2) is 5.82 Å². The Hall–Kier alpha value is -2.56. The van der Waals surface area contributed by atoms with Gasteiger partial charge in [-0.2, -0.15) is 0 Å². The SMILES string of the molecule is C=C(OCC)C1Cc2ccccc2CN1C(=O)c1nccn1C. The topological polar surface area (TPSA) is 47.4 Å². The molecule has 3 rings (SSSR count). The van der Waals surface area contributed by atoms with Gasteiger partial charge < -0.3 is 14.2 Å². The minimum Gasteiger partial charge on any atom is -0.497 e. The lowest BCUT2D eigenvalue weighted by Gasteiger charge is -2.37. The fourth-order valence-electron chi connectivity index (χ4n) is 3.01. The van der Waals surface area contributed by atoms with E-state index in [1.165, 1.54) is 5.56 Å². The number of benzene rings is 1. The average Bonchev–Trinajstić information content (AvgIpc) is 2.99. The number of ether oxygens (including phenoxy) is 1. The molecular weight excluding hydrogens is 290 g/mol. The number of fused-ring (bicyclic) bond motifs is 1. The van der Waals surface area contributed by atoms with Crippen LogP contribution >= 0.6 is 0 Å². The first-order chi connectivity index (χ1) is 11.1. The zero-order valence-corrected chi connectivity index (χ0v) is 13.5. The van der Waals surface area contributed by atoms with Gasteiger partial charge in [0.1, 0.15) is 5.76 Å². The van der Waals surface area contributed by atoms with Crippen molar-refractivity contribution >= 4 is 5.91 Å². The first kappa shape index (κ1) is 15.3. The first-order valence-electron chi connectivity index (χ1n) is 7.78. The number of carbonyl (C=O) groups is 1. The molecule has 1 unspecified atom stereocenters. The van der Waals surface area contributed by atoms with Gasteiger partial charge in [-0.25, -0.2) is 4.98 Å². The Labute approximate surface area is 136 Å². The third kappa shape index (κ3) is 2.86. The number of nitrogens with zero attached hydrogens (tertiary/aromatic N) is 3. The van der Waals surface area contributed by atoms with Crippen LogP contribution in [0.4, 0.5) is 0 Å². The predicted octanol–water partition coefficient (Wildman–Crippen LogP) is 2.54. The summed E-state index contributed by atoms with van der Waals surface area (Å²) in [6.07, 6.45) is 4.13. The molecule has 1 amide bonds. The largest absolute Gasteiger partial charge is 0.497 e. The van der Waals surface area contributed by atoms with Gasteiger partial charge in [-0.15, -0.1) is 0 Å². The van der Waals surface area contributed by atoms with E-state index >= 15 is 0 Å². The van der Waals surface area contributed by atoms with Crippen molar-refractivity contribution in [3.63, 3.8) is 0 Å². The summed E-state index contributed by atoms with van der Waals surface area (Å²) >= 11 is 0. The van der Waals surface area contributed by atoms with Crippen molar-refractivity contribution in [3.05, 3.63) is 65.9 Å². The van der Waals surface area contributed by atoms with Gasteiger partial charge >= 0.3 is 0 Å². The molecule has 5 heteroatoms. The van der Waals surface area contributed by atoms with E-state index in [1.807, 2.05) is 31.0 Å².